The monoisotopic (exact) mass is 361 g/mol. The van der Waals surface area contributed by atoms with E-state index in [2.05, 4.69) is 25.9 Å². The van der Waals surface area contributed by atoms with Crippen LogP contribution >= 0.6 is 0 Å². The number of pyridine rings is 2. The number of hydrogen-bond acceptors (Lipinski definition) is 5. The number of anilines is 3. The van der Waals surface area contributed by atoms with Crippen molar-refractivity contribution in [3.8, 4) is 0 Å². The summed E-state index contributed by atoms with van der Waals surface area (Å²) in [7, 11) is 0. The standard InChI is InChI=1S/C20H19N5O2/c1-14(26)24-17-5-7-18(8-6-17)25-20(27)16-4-9-19(23-13-16)22-12-15-3-2-10-21-11-15/h2-11,13H,12H2,1H3,(H,22,23)(H,24,26)(H,25,27). The average Bonchev–Trinajstić information content (AvgIpc) is 2.69. The van der Waals surface area contributed by atoms with E-state index in [-0.39, 0.29) is 11.8 Å². The van der Waals surface area contributed by atoms with Crippen LogP contribution in [0.5, 0.6) is 0 Å². The first-order valence-electron chi connectivity index (χ1n) is 8.38. The zero-order valence-electron chi connectivity index (χ0n) is 14.8. The molecule has 0 spiro atoms. The number of carbonyl (C=O) groups excluding carboxylic acids is 2. The highest BCUT2D eigenvalue weighted by Gasteiger charge is 2.07. The maximum absolute atomic E-state index is 12.3. The lowest BCUT2D eigenvalue weighted by atomic mass is 10.2. The second-order valence-electron chi connectivity index (χ2n) is 5.86. The quantitative estimate of drug-likeness (QED) is 0.626. The van der Waals surface area contributed by atoms with Crippen LogP contribution in [0.15, 0.2) is 67.1 Å². The molecule has 0 fully saturated rings. The lowest BCUT2D eigenvalue weighted by Crippen LogP contribution is -2.13. The summed E-state index contributed by atoms with van der Waals surface area (Å²) in [6.07, 6.45) is 5.03. The minimum atomic E-state index is -0.256. The summed E-state index contributed by atoms with van der Waals surface area (Å²) >= 11 is 0. The summed E-state index contributed by atoms with van der Waals surface area (Å²) in [4.78, 5) is 31.7. The van der Waals surface area contributed by atoms with Crippen molar-refractivity contribution in [2.45, 2.75) is 13.5 Å². The lowest BCUT2D eigenvalue weighted by Gasteiger charge is -2.08. The zero-order valence-corrected chi connectivity index (χ0v) is 14.8. The largest absolute Gasteiger partial charge is 0.366 e. The van der Waals surface area contributed by atoms with Crippen LogP contribution in [0.4, 0.5) is 17.2 Å². The van der Waals surface area contributed by atoms with E-state index in [0.717, 1.165) is 5.56 Å². The van der Waals surface area contributed by atoms with Gasteiger partial charge in [-0.1, -0.05) is 6.07 Å². The molecule has 136 valence electrons. The van der Waals surface area contributed by atoms with E-state index < -0.39 is 0 Å². The fraction of sp³-hybridized carbons (Fsp3) is 0.100. The maximum atomic E-state index is 12.3. The van der Waals surface area contributed by atoms with Crippen molar-refractivity contribution < 1.29 is 9.59 Å². The third-order valence-corrected chi connectivity index (χ3v) is 3.69. The fourth-order valence-corrected chi connectivity index (χ4v) is 2.37. The first-order valence-corrected chi connectivity index (χ1v) is 8.38. The molecular weight excluding hydrogens is 342 g/mol. The topological polar surface area (TPSA) is 96.0 Å². The first-order chi connectivity index (χ1) is 13.1. The van der Waals surface area contributed by atoms with Gasteiger partial charge in [-0.15, -0.1) is 0 Å². The highest BCUT2D eigenvalue weighted by Crippen LogP contribution is 2.15. The molecule has 3 rings (SSSR count). The number of aromatic nitrogens is 2. The molecular formula is C20H19N5O2. The second-order valence-corrected chi connectivity index (χ2v) is 5.86. The van der Waals surface area contributed by atoms with Crippen LogP contribution in [-0.4, -0.2) is 21.8 Å². The zero-order chi connectivity index (χ0) is 19.1. The predicted molar refractivity (Wildman–Crippen MR) is 104 cm³/mol. The van der Waals surface area contributed by atoms with Gasteiger partial charge in [-0.3, -0.25) is 14.6 Å². The van der Waals surface area contributed by atoms with Crippen LogP contribution in [0.25, 0.3) is 0 Å². The smallest absolute Gasteiger partial charge is 0.257 e. The van der Waals surface area contributed by atoms with Gasteiger partial charge >= 0.3 is 0 Å². The van der Waals surface area contributed by atoms with E-state index >= 15 is 0 Å². The number of carbonyl (C=O) groups is 2. The molecule has 0 aliphatic carbocycles. The molecule has 0 radical (unpaired) electrons. The molecule has 0 atom stereocenters. The highest BCUT2D eigenvalue weighted by atomic mass is 16.2. The van der Waals surface area contributed by atoms with Crippen molar-refractivity contribution in [1.29, 1.82) is 0 Å². The number of benzene rings is 1. The molecule has 0 saturated heterocycles. The van der Waals surface area contributed by atoms with E-state index in [0.29, 0.717) is 29.3 Å². The summed E-state index contributed by atoms with van der Waals surface area (Å²) in [6.45, 7) is 2.05. The molecule has 0 unspecified atom stereocenters. The molecule has 3 aromatic rings. The van der Waals surface area contributed by atoms with Crippen molar-refractivity contribution in [2.75, 3.05) is 16.0 Å². The number of hydrogen-bond donors (Lipinski definition) is 3. The number of rotatable bonds is 6. The Morgan fingerprint density at radius 2 is 1.67 bits per heavy atom. The van der Waals surface area contributed by atoms with Gasteiger partial charge in [-0.2, -0.15) is 0 Å². The number of nitrogens with zero attached hydrogens (tertiary/aromatic N) is 2. The van der Waals surface area contributed by atoms with Crippen molar-refractivity contribution in [3.63, 3.8) is 0 Å². The van der Waals surface area contributed by atoms with Gasteiger partial charge in [0.15, 0.2) is 0 Å². The second kappa shape index (κ2) is 8.57. The molecule has 7 heteroatoms. The molecule has 2 aromatic heterocycles. The normalized spacial score (nSPS) is 10.1. The van der Waals surface area contributed by atoms with Crippen molar-refractivity contribution in [2.24, 2.45) is 0 Å². The minimum absolute atomic E-state index is 0.143. The van der Waals surface area contributed by atoms with Gasteiger partial charge in [-0.05, 0) is 48.0 Å². The van der Waals surface area contributed by atoms with Gasteiger partial charge < -0.3 is 16.0 Å². The Labute approximate surface area is 156 Å². The van der Waals surface area contributed by atoms with E-state index in [4.69, 9.17) is 0 Å². The highest BCUT2D eigenvalue weighted by molar-refractivity contribution is 6.04. The molecule has 1 aromatic carbocycles. The first kappa shape index (κ1) is 18.1. The van der Waals surface area contributed by atoms with Crippen molar-refractivity contribution in [3.05, 3.63) is 78.2 Å². The van der Waals surface area contributed by atoms with E-state index in [9.17, 15) is 9.59 Å². The fourth-order valence-electron chi connectivity index (χ4n) is 2.37. The van der Waals surface area contributed by atoms with Crippen LogP contribution in [0.3, 0.4) is 0 Å². The van der Waals surface area contributed by atoms with Gasteiger partial charge in [0.2, 0.25) is 5.91 Å². The SMILES string of the molecule is CC(=O)Nc1ccc(NC(=O)c2ccc(NCc3cccnc3)nc2)cc1. The van der Waals surface area contributed by atoms with E-state index in [1.54, 1.807) is 48.8 Å². The Morgan fingerprint density at radius 3 is 2.26 bits per heavy atom. The molecule has 0 bridgehead atoms. The van der Waals surface area contributed by atoms with E-state index in [1.165, 1.54) is 13.1 Å². The molecule has 27 heavy (non-hydrogen) atoms. The van der Waals surface area contributed by atoms with Crippen molar-refractivity contribution in [1.82, 2.24) is 9.97 Å². The van der Waals surface area contributed by atoms with Gasteiger partial charge in [0.25, 0.3) is 5.91 Å². The van der Waals surface area contributed by atoms with Crippen LogP contribution in [0, 0.1) is 0 Å². The third kappa shape index (κ3) is 5.37. The van der Waals surface area contributed by atoms with Crippen LogP contribution in [0.2, 0.25) is 0 Å². The molecule has 2 heterocycles. The minimum Gasteiger partial charge on any atom is -0.366 e. The lowest BCUT2D eigenvalue weighted by molar-refractivity contribution is -0.114. The van der Waals surface area contributed by atoms with Gasteiger partial charge in [-0.25, -0.2) is 4.98 Å². The average molecular weight is 361 g/mol. The molecule has 7 nitrogen and oxygen atoms in total. The third-order valence-electron chi connectivity index (χ3n) is 3.69. The Morgan fingerprint density at radius 1 is 0.926 bits per heavy atom. The van der Waals surface area contributed by atoms with Crippen LogP contribution in [0.1, 0.15) is 22.8 Å². The van der Waals surface area contributed by atoms with Crippen LogP contribution < -0.4 is 16.0 Å². The van der Waals surface area contributed by atoms with Crippen molar-refractivity contribution >= 4 is 29.0 Å². The summed E-state index contributed by atoms with van der Waals surface area (Å²) < 4.78 is 0. The molecule has 0 aliphatic heterocycles. The summed E-state index contributed by atoms with van der Waals surface area (Å²) in [5.41, 5.74) is 2.80. The number of amides is 2. The Bertz CT molecular complexity index is 909. The Balaban J connectivity index is 1.56. The Hall–Kier alpha value is -3.74. The Kier molecular flexibility index (Phi) is 5.73. The summed E-state index contributed by atoms with van der Waals surface area (Å²) in [5.74, 6) is 0.277. The summed E-state index contributed by atoms with van der Waals surface area (Å²) in [5, 5.41) is 8.65. The molecule has 0 aliphatic rings. The maximum Gasteiger partial charge on any atom is 0.257 e. The summed E-state index contributed by atoms with van der Waals surface area (Å²) in [6, 6.07) is 14.2. The molecule has 2 amide bonds. The number of nitrogens with one attached hydrogen (secondary N) is 3. The molecule has 3 N–H and O–H groups in total. The van der Waals surface area contributed by atoms with Gasteiger partial charge in [0.05, 0.1) is 5.56 Å². The van der Waals surface area contributed by atoms with E-state index in [1.807, 2.05) is 12.1 Å². The van der Waals surface area contributed by atoms with Gasteiger partial charge in [0, 0.05) is 43.4 Å². The van der Waals surface area contributed by atoms with Gasteiger partial charge in [0.1, 0.15) is 5.82 Å². The molecule has 0 saturated carbocycles. The van der Waals surface area contributed by atoms with Crippen LogP contribution in [-0.2, 0) is 11.3 Å². The predicted octanol–water partition coefficient (Wildman–Crippen LogP) is 3.30.